The second kappa shape index (κ2) is 10.2. The molecule has 1 aromatic carbocycles. The molecule has 3 heterocycles. The lowest BCUT2D eigenvalue weighted by Crippen LogP contribution is -2.45. The van der Waals surface area contributed by atoms with Gasteiger partial charge < -0.3 is 29.5 Å². The quantitative estimate of drug-likeness (QED) is 0.411. The van der Waals surface area contributed by atoms with E-state index in [0.717, 1.165) is 12.1 Å². The Morgan fingerprint density at radius 1 is 1.26 bits per heavy atom. The third-order valence-corrected chi connectivity index (χ3v) is 9.51. The second-order valence-electron chi connectivity index (χ2n) is 9.73. The van der Waals surface area contributed by atoms with Crippen molar-refractivity contribution in [1.29, 1.82) is 0 Å². The number of nitrogens with zero attached hydrogens (tertiary/aromatic N) is 2. The summed E-state index contributed by atoms with van der Waals surface area (Å²) >= 11 is 0. The number of likely N-dealkylation sites (tertiary alicyclic amines) is 1. The van der Waals surface area contributed by atoms with Crippen molar-refractivity contribution in [2.45, 2.75) is 49.0 Å². The van der Waals surface area contributed by atoms with Crippen molar-refractivity contribution >= 4 is 33.9 Å². The van der Waals surface area contributed by atoms with Gasteiger partial charge in [0.15, 0.2) is 28.5 Å². The number of benzene rings is 1. The first-order valence-electron chi connectivity index (χ1n) is 12.2. The standard InChI is InChI=1S/C24H28N4O9S/c1-35-16-6-20(30)18(10-29)21(7-16)36-11-23(31)25-22-8-19(26-27-22)13-2-3-15(4-13)37-24(32)28-9-17-5-14(28)12-38(17,33)34/h6-8,10,13-15,17,30H,2-5,9,11-12H2,1H3,(H2,25,26,27,31)/t13-,14+,15+,17+/m0/s1. The van der Waals surface area contributed by atoms with Crippen LogP contribution in [-0.2, 0) is 19.4 Å². The highest BCUT2D eigenvalue weighted by atomic mass is 32.2. The molecule has 4 atom stereocenters. The molecule has 13 nitrogen and oxygen atoms in total. The van der Waals surface area contributed by atoms with Crippen LogP contribution in [0.2, 0.25) is 0 Å². The molecule has 38 heavy (non-hydrogen) atoms. The topological polar surface area (TPSA) is 177 Å². The number of fused-ring (bicyclic) bond motifs is 2. The molecule has 2 saturated heterocycles. The smallest absolute Gasteiger partial charge is 0.410 e. The summed E-state index contributed by atoms with van der Waals surface area (Å²) in [7, 11) is -1.69. The van der Waals surface area contributed by atoms with Gasteiger partial charge in [0, 0.05) is 36.4 Å². The molecular weight excluding hydrogens is 520 g/mol. The number of ether oxygens (including phenoxy) is 3. The van der Waals surface area contributed by atoms with Crippen molar-refractivity contribution < 1.29 is 42.1 Å². The van der Waals surface area contributed by atoms with E-state index in [2.05, 4.69) is 15.5 Å². The average Bonchev–Trinajstić information content (AvgIpc) is 3.66. The maximum Gasteiger partial charge on any atom is 0.410 e. The van der Waals surface area contributed by atoms with Crippen molar-refractivity contribution in [2.75, 3.05) is 31.3 Å². The summed E-state index contributed by atoms with van der Waals surface area (Å²) in [6.45, 7) is -0.235. The number of aromatic nitrogens is 2. The van der Waals surface area contributed by atoms with Gasteiger partial charge in [-0.3, -0.25) is 14.7 Å². The Morgan fingerprint density at radius 3 is 2.76 bits per heavy atom. The zero-order chi connectivity index (χ0) is 27.0. The molecule has 1 saturated carbocycles. The third-order valence-electron chi connectivity index (χ3n) is 7.31. The number of hydrogen-bond donors (Lipinski definition) is 3. The first-order chi connectivity index (χ1) is 18.2. The lowest BCUT2D eigenvalue weighted by molar-refractivity contribution is -0.118. The van der Waals surface area contributed by atoms with E-state index in [0.29, 0.717) is 25.5 Å². The number of rotatable bonds is 8. The molecule has 2 amide bonds. The normalized spacial score (nSPS) is 25.2. The first kappa shape index (κ1) is 25.8. The van der Waals surface area contributed by atoms with Gasteiger partial charge in [-0.15, -0.1) is 0 Å². The maximum atomic E-state index is 12.6. The molecule has 3 aliphatic rings. The highest BCUT2D eigenvalue weighted by molar-refractivity contribution is 7.92. The van der Waals surface area contributed by atoms with Gasteiger partial charge in [-0.2, -0.15) is 5.10 Å². The lowest BCUT2D eigenvalue weighted by Gasteiger charge is -2.27. The van der Waals surface area contributed by atoms with E-state index in [1.54, 1.807) is 6.07 Å². The molecular formula is C24H28N4O9S. The number of sulfone groups is 1. The fourth-order valence-corrected chi connectivity index (χ4v) is 7.36. The van der Waals surface area contributed by atoms with Gasteiger partial charge in [0.1, 0.15) is 23.4 Å². The number of amides is 2. The van der Waals surface area contributed by atoms with E-state index in [9.17, 15) is 27.9 Å². The largest absolute Gasteiger partial charge is 0.507 e. The van der Waals surface area contributed by atoms with Crippen LogP contribution in [0.3, 0.4) is 0 Å². The number of nitrogens with one attached hydrogen (secondary N) is 2. The number of carbonyl (C=O) groups excluding carboxylic acids is 3. The van der Waals surface area contributed by atoms with Gasteiger partial charge in [-0.1, -0.05) is 0 Å². The molecule has 2 bridgehead atoms. The van der Waals surface area contributed by atoms with Crippen LogP contribution < -0.4 is 14.8 Å². The van der Waals surface area contributed by atoms with Gasteiger partial charge in [0.05, 0.1) is 29.7 Å². The Bertz CT molecular complexity index is 1360. The number of aromatic hydroxyl groups is 1. The highest BCUT2D eigenvalue weighted by Crippen LogP contribution is 2.38. The van der Waals surface area contributed by atoms with Crippen molar-refractivity contribution in [1.82, 2.24) is 15.1 Å². The zero-order valence-corrected chi connectivity index (χ0v) is 21.4. The monoisotopic (exact) mass is 548 g/mol. The van der Waals surface area contributed by atoms with Crippen LogP contribution in [-0.4, -0.2) is 90.3 Å². The number of hydrogen-bond acceptors (Lipinski definition) is 10. The van der Waals surface area contributed by atoms with Crippen LogP contribution in [0.1, 0.15) is 47.7 Å². The Kier molecular flexibility index (Phi) is 6.90. The molecule has 0 spiro atoms. The van der Waals surface area contributed by atoms with E-state index < -0.39 is 33.7 Å². The molecule has 3 N–H and O–H groups in total. The van der Waals surface area contributed by atoms with E-state index >= 15 is 0 Å². The maximum absolute atomic E-state index is 12.6. The van der Waals surface area contributed by atoms with Gasteiger partial charge in [0.2, 0.25) is 0 Å². The Balaban J connectivity index is 1.11. The summed E-state index contributed by atoms with van der Waals surface area (Å²) in [6, 6.07) is 4.06. The SMILES string of the molecule is COc1cc(O)c(C=O)c(OCC(=O)Nc2cc([C@H]3CC[C@@H](OC(=O)N4C[C@H]5C[C@@H]4CS5(=O)=O)C3)[nH]n2)c1. The molecule has 0 radical (unpaired) electrons. The van der Waals surface area contributed by atoms with E-state index in [4.69, 9.17) is 14.2 Å². The Morgan fingerprint density at radius 2 is 2.08 bits per heavy atom. The second-order valence-corrected chi connectivity index (χ2v) is 12.1. The van der Waals surface area contributed by atoms with Gasteiger partial charge in [-0.05, 0) is 25.7 Å². The predicted molar refractivity (Wildman–Crippen MR) is 132 cm³/mol. The minimum absolute atomic E-state index is 0.00430. The number of phenolic OH excluding ortho intramolecular Hbond substituents is 1. The lowest BCUT2D eigenvalue weighted by atomic mass is 10.0. The summed E-state index contributed by atoms with van der Waals surface area (Å²) in [5.41, 5.74) is 0.687. The summed E-state index contributed by atoms with van der Waals surface area (Å²) in [6.07, 6.45) is 2.16. The Labute approximate surface area is 218 Å². The number of anilines is 1. The molecule has 1 aromatic heterocycles. The van der Waals surface area contributed by atoms with Crippen LogP contribution in [0.4, 0.5) is 10.6 Å². The van der Waals surface area contributed by atoms with E-state index in [1.165, 1.54) is 24.1 Å². The summed E-state index contributed by atoms with van der Waals surface area (Å²) in [5.74, 6) is -0.241. The van der Waals surface area contributed by atoms with Crippen LogP contribution in [0.25, 0.3) is 0 Å². The van der Waals surface area contributed by atoms with Gasteiger partial charge in [0.25, 0.3) is 5.91 Å². The number of carbonyl (C=O) groups is 3. The van der Waals surface area contributed by atoms with Gasteiger partial charge in [-0.25, -0.2) is 13.2 Å². The molecule has 14 heteroatoms. The summed E-state index contributed by atoms with van der Waals surface area (Å²) in [4.78, 5) is 37.8. The molecule has 2 aromatic rings. The molecule has 204 valence electrons. The minimum Gasteiger partial charge on any atom is -0.507 e. The highest BCUT2D eigenvalue weighted by Gasteiger charge is 2.51. The third kappa shape index (κ3) is 5.12. The van der Waals surface area contributed by atoms with E-state index in [1.807, 2.05) is 0 Å². The van der Waals surface area contributed by atoms with Gasteiger partial charge >= 0.3 is 6.09 Å². The zero-order valence-electron chi connectivity index (χ0n) is 20.6. The number of aldehydes is 1. The van der Waals surface area contributed by atoms with Crippen molar-refractivity contribution in [2.24, 2.45) is 0 Å². The van der Waals surface area contributed by atoms with Crippen LogP contribution in [0, 0.1) is 0 Å². The van der Waals surface area contributed by atoms with Crippen molar-refractivity contribution in [3.05, 3.63) is 29.5 Å². The molecule has 2 aliphatic heterocycles. The Hall–Kier alpha value is -3.81. The molecule has 0 unspecified atom stereocenters. The number of H-pyrrole nitrogens is 1. The number of aromatic amines is 1. The summed E-state index contributed by atoms with van der Waals surface area (Å²) < 4.78 is 40.0. The minimum atomic E-state index is -3.09. The van der Waals surface area contributed by atoms with Crippen molar-refractivity contribution in [3.8, 4) is 17.2 Å². The molecule has 3 fully saturated rings. The summed E-state index contributed by atoms with van der Waals surface area (Å²) in [5, 5.41) is 19.1. The fraction of sp³-hybridized carbons (Fsp3) is 0.500. The first-order valence-corrected chi connectivity index (χ1v) is 13.9. The fourth-order valence-electron chi connectivity index (χ4n) is 5.33. The predicted octanol–water partition coefficient (Wildman–Crippen LogP) is 1.60. The average molecular weight is 549 g/mol. The van der Waals surface area contributed by atoms with Crippen LogP contribution >= 0.6 is 0 Å². The number of phenols is 1. The molecule has 1 aliphatic carbocycles. The number of methoxy groups -OCH3 is 1. The molecule has 5 rings (SSSR count). The van der Waals surface area contributed by atoms with Crippen LogP contribution in [0.5, 0.6) is 17.2 Å². The van der Waals surface area contributed by atoms with Crippen LogP contribution in [0.15, 0.2) is 18.2 Å². The van der Waals surface area contributed by atoms with E-state index in [-0.39, 0.29) is 59.0 Å². The van der Waals surface area contributed by atoms with Crippen molar-refractivity contribution in [3.63, 3.8) is 0 Å².